The van der Waals surface area contributed by atoms with Gasteiger partial charge < -0.3 is 19.3 Å². The minimum Gasteiger partial charge on any atom is -0.463 e. The van der Waals surface area contributed by atoms with Gasteiger partial charge >= 0.3 is 5.97 Å². The van der Waals surface area contributed by atoms with Crippen molar-refractivity contribution in [3.8, 4) is 0 Å². The van der Waals surface area contributed by atoms with Crippen LogP contribution in [0.25, 0.3) is 0 Å². The highest BCUT2D eigenvalue weighted by molar-refractivity contribution is 5.88. The number of carbonyl (C=O) groups is 1. The molecular weight excluding hydrogens is 320 g/mol. The standard InChI is InChI=1S/C20H28O5/c1-6-23-17(21)14(2)12-19(4)18(20(5,22)15(3)25-19)24-13-16-10-8-7-9-11-16/h7-12,15,18,22H,6,13H2,1-5H3/b14-12+/t15-,18-,19-,20-/m0/s1. The minimum absolute atomic E-state index is 0.309. The Kier molecular flexibility index (Phi) is 6.03. The summed E-state index contributed by atoms with van der Waals surface area (Å²) in [6.45, 7) is 9.42. The summed E-state index contributed by atoms with van der Waals surface area (Å²) in [6, 6.07) is 9.75. The Bertz CT molecular complexity index is 622. The van der Waals surface area contributed by atoms with E-state index in [1.165, 1.54) is 0 Å². The van der Waals surface area contributed by atoms with Crippen LogP contribution in [-0.2, 0) is 25.6 Å². The molecular formula is C20H28O5. The second-order valence-electron chi connectivity index (χ2n) is 6.89. The van der Waals surface area contributed by atoms with E-state index in [0.29, 0.717) is 18.8 Å². The first-order valence-corrected chi connectivity index (χ1v) is 8.63. The van der Waals surface area contributed by atoms with E-state index in [9.17, 15) is 9.90 Å². The fraction of sp³-hybridized carbons (Fsp3) is 0.550. The van der Waals surface area contributed by atoms with Crippen molar-refractivity contribution in [2.24, 2.45) is 0 Å². The zero-order valence-electron chi connectivity index (χ0n) is 15.6. The highest BCUT2D eigenvalue weighted by Crippen LogP contribution is 2.42. The van der Waals surface area contributed by atoms with Crippen molar-refractivity contribution in [2.45, 2.75) is 64.6 Å². The molecule has 5 nitrogen and oxygen atoms in total. The molecule has 0 bridgehead atoms. The van der Waals surface area contributed by atoms with Gasteiger partial charge in [-0.25, -0.2) is 4.79 Å². The zero-order valence-corrected chi connectivity index (χ0v) is 15.6. The fourth-order valence-electron chi connectivity index (χ4n) is 3.29. The maximum absolute atomic E-state index is 12.0. The maximum atomic E-state index is 12.0. The van der Waals surface area contributed by atoms with Crippen LogP contribution in [0.3, 0.4) is 0 Å². The van der Waals surface area contributed by atoms with Gasteiger partial charge in [0.25, 0.3) is 0 Å². The molecule has 1 aromatic carbocycles. The van der Waals surface area contributed by atoms with E-state index in [2.05, 4.69) is 0 Å². The van der Waals surface area contributed by atoms with Crippen LogP contribution in [0.4, 0.5) is 0 Å². The first-order chi connectivity index (χ1) is 11.7. The van der Waals surface area contributed by atoms with E-state index >= 15 is 0 Å². The lowest BCUT2D eigenvalue weighted by Gasteiger charge is -2.33. The predicted octanol–water partition coefficient (Wildman–Crippen LogP) is 3.01. The average Bonchev–Trinajstić information content (AvgIpc) is 2.71. The monoisotopic (exact) mass is 348 g/mol. The molecule has 0 aliphatic carbocycles. The Morgan fingerprint density at radius 1 is 1.32 bits per heavy atom. The van der Waals surface area contributed by atoms with Crippen molar-refractivity contribution >= 4 is 5.97 Å². The molecule has 0 amide bonds. The van der Waals surface area contributed by atoms with E-state index in [0.717, 1.165) is 5.56 Å². The first kappa shape index (κ1) is 19.6. The number of carbonyl (C=O) groups excluding carboxylic acids is 1. The lowest BCUT2D eigenvalue weighted by molar-refractivity contribution is -0.138. The van der Waals surface area contributed by atoms with Crippen LogP contribution < -0.4 is 0 Å². The number of aliphatic hydroxyl groups is 1. The van der Waals surface area contributed by atoms with Crippen LogP contribution in [0.2, 0.25) is 0 Å². The number of benzene rings is 1. The van der Waals surface area contributed by atoms with Gasteiger partial charge in [0.05, 0.1) is 19.3 Å². The number of ether oxygens (including phenoxy) is 3. The van der Waals surface area contributed by atoms with Gasteiger partial charge in [0.15, 0.2) is 0 Å². The molecule has 138 valence electrons. The van der Waals surface area contributed by atoms with Gasteiger partial charge in [0, 0.05) is 5.57 Å². The molecule has 25 heavy (non-hydrogen) atoms. The molecule has 1 aliphatic heterocycles. The molecule has 4 atom stereocenters. The Morgan fingerprint density at radius 2 is 1.96 bits per heavy atom. The summed E-state index contributed by atoms with van der Waals surface area (Å²) in [5.41, 5.74) is -0.683. The van der Waals surface area contributed by atoms with Crippen LogP contribution in [0.15, 0.2) is 42.0 Å². The zero-order chi connectivity index (χ0) is 18.7. The van der Waals surface area contributed by atoms with Gasteiger partial charge in [0.1, 0.15) is 17.3 Å². The van der Waals surface area contributed by atoms with Crippen molar-refractivity contribution in [3.63, 3.8) is 0 Å². The third-order valence-corrected chi connectivity index (χ3v) is 4.67. The maximum Gasteiger partial charge on any atom is 0.333 e. The van der Waals surface area contributed by atoms with Crippen LogP contribution in [0.1, 0.15) is 40.2 Å². The van der Waals surface area contributed by atoms with Crippen molar-refractivity contribution in [2.75, 3.05) is 6.61 Å². The fourth-order valence-corrected chi connectivity index (χ4v) is 3.29. The molecule has 1 N–H and O–H groups in total. The molecule has 1 aliphatic rings. The molecule has 1 aromatic rings. The molecule has 5 heteroatoms. The van der Waals surface area contributed by atoms with Crippen LogP contribution >= 0.6 is 0 Å². The molecule has 2 rings (SSSR count). The summed E-state index contributed by atoms with van der Waals surface area (Å²) >= 11 is 0. The topological polar surface area (TPSA) is 65.0 Å². The molecule has 1 heterocycles. The Hall–Kier alpha value is -1.69. The third-order valence-electron chi connectivity index (χ3n) is 4.67. The summed E-state index contributed by atoms with van der Waals surface area (Å²) in [5.74, 6) is -0.395. The highest BCUT2D eigenvalue weighted by atomic mass is 16.6. The smallest absolute Gasteiger partial charge is 0.333 e. The second kappa shape index (κ2) is 7.68. The van der Waals surface area contributed by atoms with Crippen molar-refractivity contribution in [1.82, 2.24) is 0 Å². The second-order valence-corrected chi connectivity index (χ2v) is 6.89. The van der Waals surface area contributed by atoms with Gasteiger partial charge in [-0.15, -0.1) is 0 Å². The molecule has 1 fully saturated rings. The summed E-state index contributed by atoms with van der Waals surface area (Å²) in [7, 11) is 0. The minimum atomic E-state index is -1.19. The van der Waals surface area contributed by atoms with Crippen molar-refractivity contribution in [3.05, 3.63) is 47.5 Å². The predicted molar refractivity (Wildman–Crippen MR) is 95.0 cm³/mol. The van der Waals surface area contributed by atoms with Crippen LogP contribution in [-0.4, -0.2) is 41.1 Å². The number of rotatable bonds is 6. The van der Waals surface area contributed by atoms with Gasteiger partial charge in [-0.2, -0.15) is 0 Å². The SMILES string of the molecule is CCOC(=O)/C(C)=C/[C@]1(C)O[C@@H](C)[C@](C)(O)[C@H]1OCc1ccccc1. The van der Waals surface area contributed by atoms with Crippen LogP contribution in [0.5, 0.6) is 0 Å². The average molecular weight is 348 g/mol. The molecule has 0 aromatic heterocycles. The number of hydrogen-bond donors (Lipinski definition) is 1. The Balaban J connectivity index is 2.24. The van der Waals surface area contributed by atoms with Gasteiger partial charge in [0.2, 0.25) is 0 Å². The number of esters is 1. The number of hydrogen-bond acceptors (Lipinski definition) is 5. The molecule has 0 saturated carbocycles. The third kappa shape index (κ3) is 4.29. The van der Waals surface area contributed by atoms with Gasteiger partial charge in [-0.3, -0.25) is 0 Å². The lowest BCUT2D eigenvalue weighted by atomic mass is 9.85. The van der Waals surface area contributed by atoms with E-state index < -0.39 is 29.4 Å². The van der Waals surface area contributed by atoms with Crippen molar-refractivity contribution in [1.29, 1.82) is 0 Å². The van der Waals surface area contributed by atoms with Crippen LogP contribution in [0, 0.1) is 0 Å². The largest absolute Gasteiger partial charge is 0.463 e. The van der Waals surface area contributed by atoms with E-state index in [4.69, 9.17) is 14.2 Å². The summed E-state index contributed by atoms with van der Waals surface area (Å²) in [5, 5.41) is 10.9. The molecule has 0 unspecified atom stereocenters. The van der Waals surface area contributed by atoms with E-state index in [1.54, 1.807) is 33.8 Å². The van der Waals surface area contributed by atoms with Crippen molar-refractivity contribution < 1.29 is 24.1 Å². The van der Waals surface area contributed by atoms with Gasteiger partial charge in [-0.05, 0) is 46.3 Å². The summed E-state index contributed by atoms with van der Waals surface area (Å²) in [6.07, 6.45) is 0.627. The Labute approximate surface area is 149 Å². The quantitative estimate of drug-likeness (QED) is 0.632. The summed E-state index contributed by atoms with van der Waals surface area (Å²) < 4.78 is 17.1. The molecule has 1 saturated heterocycles. The molecule has 0 radical (unpaired) electrons. The first-order valence-electron chi connectivity index (χ1n) is 8.63. The van der Waals surface area contributed by atoms with Gasteiger partial charge in [-0.1, -0.05) is 30.3 Å². The Morgan fingerprint density at radius 3 is 2.56 bits per heavy atom. The lowest BCUT2D eigenvalue weighted by Crippen LogP contribution is -2.49. The highest BCUT2D eigenvalue weighted by Gasteiger charge is 2.57. The molecule has 0 spiro atoms. The normalized spacial score (nSPS) is 32.6. The van der Waals surface area contributed by atoms with E-state index in [1.807, 2.05) is 37.3 Å². The van der Waals surface area contributed by atoms with E-state index in [-0.39, 0.29) is 0 Å². The summed E-state index contributed by atoms with van der Waals surface area (Å²) in [4.78, 5) is 12.0.